The van der Waals surface area contributed by atoms with Gasteiger partial charge in [0.25, 0.3) is 0 Å². The minimum atomic E-state index is -4.35. The van der Waals surface area contributed by atoms with Crippen molar-refractivity contribution in [2.45, 2.75) is 25.6 Å². The normalized spacial score (nSPS) is 13.7. The number of halogens is 3. The number of benzene rings is 1. The predicted molar refractivity (Wildman–Crippen MR) is 64.0 cm³/mol. The SMILES string of the molecule is CCSCCC(O)c1cccc(C(F)(F)F)c1. The monoisotopic (exact) mass is 264 g/mol. The Morgan fingerprint density at radius 2 is 2.06 bits per heavy atom. The molecular formula is C12H15F3OS. The lowest BCUT2D eigenvalue weighted by Crippen LogP contribution is -2.07. The maximum absolute atomic E-state index is 12.5. The van der Waals surface area contributed by atoms with Crippen molar-refractivity contribution in [2.75, 3.05) is 11.5 Å². The van der Waals surface area contributed by atoms with E-state index in [4.69, 9.17) is 0 Å². The van der Waals surface area contributed by atoms with Crippen molar-refractivity contribution in [2.24, 2.45) is 0 Å². The van der Waals surface area contributed by atoms with Crippen molar-refractivity contribution in [3.05, 3.63) is 35.4 Å². The van der Waals surface area contributed by atoms with Gasteiger partial charge in [0.1, 0.15) is 0 Å². The van der Waals surface area contributed by atoms with Crippen molar-refractivity contribution < 1.29 is 18.3 Å². The van der Waals surface area contributed by atoms with E-state index in [1.807, 2.05) is 6.92 Å². The summed E-state index contributed by atoms with van der Waals surface area (Å²) < 4.78 is 37.4. The molecule has 0 fully saturated rings. The largest absolute Gasteiger partial charge is 0.416 e. The summed E-state index contributed by atoms with van der Waals surface area (Å²) in [6, 6.07) is 4.88. The van der Waals surface area contributed by atoms with E-state index in [9.17, 15) is 18.3 Å². The zero-order chi connectivity index (χ0) is 12.9. The van der Waals surface area contributed by atoms with Crippen LogP contribution in [0.3, 0.4) is 0 Å². The Morgan fingerprint density at radius 1 is 1.35 bits per heavy atom. The van der Waals surface area contributed by atoms with E-state index in [1.54, 1.807) is 11.8 Å². The first-order chi connectivity index (χ1) is 7.95. The molecule has 5 heteroatoms. The van der Waals surface area contributed by atoms with E-state index in [1.165, 1.54) is 12.1 Å². The van der Waals surface area contributed by atoms with Crippen LogP contribution in [0.25, 0.3) is 0 Å². The average molecular weight is 264 g/mol. The van der Waals surface area contributed by atoms with Crippen LogP contribution in [0.4, 0.5) is 13.2 Å². The van der Waals surface area contributed by atoms with Gasteiger partial charge >= 0.3 is 6.18 Å². The third-order valence-electron chi connectivity index (χ3n) is 2.34. The van der Waals surface area contributed by atoms with Gasteiger partial charge in [0.05, 0.1) is 11.7 Å². The Hall–Kier alpha value is -0.680. The minimum Gasteiger partial charge on any atom is -0.388 e. The highest BCUT2D eigenvalue weighted by atomic mass is 32.2. The molecule has 0 saturated heterocycles. The van der Waals surface area contributed by atoms with E-state index < -0.39 is 17.8 Å². The topological polar surface area (TPSA) is 20.2 Å². The zero-order valence-corrected chi connectivity index (χ0v) is 10.3. The second kappa shape index (κ2) is 6.31. The van der Waals surface area contributed by atoms with Crippen molar-refractivity contribution in [3.8, 4) is 0 Å². The summed E-state index contributed by atoms with van der Waals surface area (Å²) in [6.07, 6.45) is -4.70. The Kier molecular flexibility index (Phi) is 5.33. The third-order valence-corrected chi connectivity index (χ3v) is 3.27. The summed E-state index contributed by atoms with van der Waals surface area (Å²) in [5.41, 5.74) is -0.381. The highest BCUT2D eigenvalue weighted by Gasteiger charge is 2.30. The molecule has 0 aromatic heterocycles. The molecule has 0 aliphatic heterocycles. The van der Waals surface area contributed by atoms with Gasteiger partial charge < -0.3 is 5.11 Å². The van der Waals surface area contributed by atoms with Gasteiger partial charge in [-0.2, -0.15) is 24.9 Å². The second-order valence-electron chi connectivity index (χ2n) is 3.62. The standard InChI is InChI=1S/C12H15F3OS/c1-2-17-7-6-11(16)9-4-3-5-10(8-9)12(13,14)15/h3-5,8,11,16H,2,6-7H2,1H3. The summed E-state index contributed by atoms with van der Waals surface area (Å²) in [4.78, 5) is 0. The number of hydrogen-bond acceptors (Lipinski definition) is 2. The van der Waals surface area contributed by atoms with Crippen LogP contribution < -0.4 is 0 Å². The first-order valence-corrected chi connectivity index (χ1v) is 6.53. The molecule has 0 heterocycles. The van der Waals surface area contributed by atoms with E-state index in [2.05, 4.69) is 0 Å². The van der Waals surface area contributed by atoms with Gasteiger partial charge in [0, 0.05) is 0 Å². The fourth-order valence-electron chi connectivity index (χ4n) is 1.43. The maximum atomic E-state index is 12.5. The van der Waals surface area contributed by atoms with Gasteiger partial charge in [0.15, 0.2) is 0 Å². The van der Waals surface area contributed by atoms with Crippen molar-refractivity contribution in [1.29, 1.82) is 0 Å². The number of rotatable bonds is 5. The Morgan fingerprint density at radius 3 is 2.65 bits per heavy atom. The molecule has 0 spiro atoms. The van der Waals surface area contributed by atoms with Gasteiger partial charge in [-0.1, -0.05) is 19.1 Å². The molecular weight excluding hydrogens is 249 g/mol. The van der Waals surface area contributed by atoms with Crippen LogP contribution in [0.2, 0.25) is 0 Å². The minimum absolute atomic E-state index is 0.330. The van der Waals surface area contributed by atoms with E-state index in [0.29, 0.717) is 12.0 Å². The van der Waals surface area contributed by atoms with Crippen LogP contribution in [0.5, 0.6) is 0 Å². The lowest BCUT2D eigenvalue weighted by atomic mass is 10.0. The molecule has 1 aromatic carbocycles. The molecule has 1 unspecified atom stereocenters. The van der Waals surface area contributed by atoms with E-state index in [-0.39, 0.29) is 0 Å². The summed E-state index contributed by atoms with van der Waals surface area (Å²) in [5.74, 6) is 1.68. The highest BCUT2D eigenvalue weighted by Crippen LogP contribution is 2.31. The molecule has 1 atom stereocenters. The average Bonchev–Trinajstić information content (AvgIpc) is 2.28. The van der Waals surface area contributed by atoms with Crippen LogP contribution in [-0.4, -0.2) is 16.6 Å². The van der Waals surface area contributed by atoms with Crippen LogP contribution in [-0.2, 0) is 6.18 Å². The third kappa shape index (κ3) is 4.60. The quantitative estimate of drug-likeness (QED) is 0.814. The van der Waals surface area contributed by atoms with Gasteiger partial charge in [-0.25, -0.2) is 0 Å². The Balaban J connectivity index is 2.71. The van der Waals surface area contributed by atoms with Gasteiger partial charge in [-0.15, -0.1) is 0 Å². The number of aliphatic hydroxyl groups excluding tert-OH is 1. The van der Waals surface area contributed by atoms with Crippen molar-refractivity contribution in [1.82, 2.24) is 0 Å². The first kappa shape index (κ1) is 14.4. The molecule has 0 aliphatic carbocycles. The molecule has 0 aliphatic rings. The van der Waals surface area contributed by atoms with Gasteiger partial charge in [0.2, 0.25) is 0 Å². The summed E-state index contributed by atoms with van der Waals surface area (Å²) >= 11 is 1.66. The lowest BCUT2D eigenvalue weighted by molar-refractivity contribution is -0.137. The van der Waals surface area contributed by atoms with Crippen molar-refractivity contribution >= 4 is 11.8 Å². The smallest absolute Gasteiger partial charge is 0.388 e. The van der Waals surface area contributed by atoms with Crippen LogP contribution >= 0.6 is 11.8 Å². The second-order valence-corrected chi connectivity index (χ2v) is 5.02. The molecule has 0 amide bonds. The van der Waals surface area contributed by atoms with Gasteiger partial charge in [-0.05, 0) is 35.6 Å². The van der Waals surface area contributed by atoms with E-state index >= 15 is 0 Å². The molecule has 1 rings (SSSR count). The zero-order valence-electron chi connectivity index (χ0n) is 9.50. The molecule has 0 saturated carbocycles. The summed E-state index contributed by atoms with van der Waals surface area (Å²) in [7, 11) is 0. The molecule has 0 bridgehead atoms. The maximum Gasteiger partial charge on any atom is 0.416 e. The molecule has 0 radical (unpaired) electrons. The fraction of sp³-hybridized carbons (Fsp3) is 0.500. The van der Waals surface area contributed by atoms with Crippen molar-refractivity contribution in [3.63, 3.8) is 0 Å². The first-order valence-electron chi connectivity index (χ1n) is 5.38. The molecule has 1 aromatic rings. The van der Waals surface area contributed by atoms with Crippen LogP contribution in [0, 0.1) is 0 Å². The molecule has 1 nitrogen and oxygen atoms in total. The Bertz CT molecular complexity index is 352. The number of hydrogen-bond donors (Lipinski definition) is 1. The van der Waals surface area contributed by atoms with Crippen LogP contribution in [0.1, 0.15) is 30.6 Å². The summed E-state index contributed by atoms with van der Waals surface area (Å²) in [6.45, 7) is 2.00. The highest BCUT2D eigenvalue weighted by molar-refractivity contribution is 7.99. The number of aliphatic hydroxyl groups is 1. The fourth-order valence-corrected chi connectivity index (χ4v) is 2.11. The Labute approximate surface area is 103 Å². The summed E-state index contributed by atoms with van der Waals surface area (Å²) in [5, 5.41) is 9.76. The number of alkyl halides is 3. The predicted octanol–water partition coefficient (Wildman–Crippen LogP) is 3.88. The lowest BCUT2D eigenvalue weighted by Gasteiger charge is -2.13. The molecule has 1 N–H and O–H groups in total. The van der Waals surface area contributed by atoms with Gasteiger partial charge in [-0.3, -0.25) is 0 Å². The van der Waals surface area contributed by atoms with E-state index in [0.717, 1.165) is 23.6 Å². The molecule has 96 valence electrons. The molecule has 17 heavy (non-hydrogen) atoms. The van der Waals surface area contributed by atoms with Crippen LogP contribution in [0.15, 0.2) is 24.3 Å². The number of thioether (sulfide) groups is 1.